The number of nitrogens with zero attached hydrogens (tertiary/aromatic N) is 1. The molecule has 0 radical (unpaired) electrons. The largest absolute Gasteiger partial charge is 0.463 e. The van der Waals surface area contributed by atoms with E-state index >= 15 is 0 Å². The number of rotatable bonds is 22. The van der Waals surface area contributed by atoms with Crippen LogP contribution in [-0.2, 0) is 48.2 Å². The van der Waals surface area contributed by atoms with E-state index in [4.69, 9.17) is 9.47 Å². The number of benzene rings is 3. The Balaban J connectivity index is 1.74. The fourth-order valence-corrected chi connectivity index (χ4v) is 5.32. The minimum atomic E-state index is -1.31. The summed E-state index contributed by atoms with van der Waals surface area (Å²) in [6.07, 6.45) is 5.81. The van der Waals surface area contributed by atoms with Gasteiger partial charge in [-0.3, -0.25) is 14.4 Å². The zero-order chi connectivity index (χ0) is 35.3. The molecule has 0 saturated heterocycles. The number of amides is 2. The highest BCUT2D eigenvalue weighted by Crippen LogP contribution is 2.19. The SMILES string of the molecule is C=CCCCC(Cc1ccccc1)C(=O)OCC(NC(=O)C(CC=C)CC(=O)N(CCO)Cc1ccccc1)C(=O)OCc1ccccc1. The smallest absolute Gasteiger partial charge is 0.332 e. The van der Waals surface area contributed by atoms with Crippen LogP contribution in [0.1, 0.15) is 48.8 Å². The zero-order valence-electron chi connectivity index (χ0n) is 28.1. The zero-order valence-corrected chi connectivity index (χ0v) is 28.1. The van der Waals surface area contributed by atoms with Crippen LogP contribution >= 0.6 is 0 Å². The summed E-state index contributed by atoms with van der Waals surface area (Å²) in [5, 5.41) is 12.3. The van der Waals surface area contributed by atoms with Gasteiger partial charge in [0, 0.05) is 19.5 Å². The second kappa shape index (κ2) is 21.8. The lowest BCUT2D eigenvalue weighted by atomic mass is 9.94. The van der Waals surface area contributed by atoms with Crippen LogP contribution in [0.15, 0.2) is 116 Å². The van der Waals surface area contributed by atoms with Crippen molar-refractivity contribution in [2.24, 2.45) is 11.8 Å². The third kappa shape index (κ3) is 13.9. The lowest BCUT2D eigenvalue weighted by Gasteiger charge is -2.25. The van der Waals surface area contributed by atoms with Gasteiger partial charge in [-0.15, -0.1) is 13.2 Å². The third-order valence-corrected chi connectivity index (χ3v) is 8.02. The Morgan fingerprint density at radius 1 is 0.776 bits per heavy atom. The second-order valence-corrected chi connectivity index (χ2v) is 11.8. The first-order chi connectivity index (χ1) is 23.8. The van der Waals surface area contributed by atoms with E-state index in [0.29, 0.717) is 12.8 Å². The van der Waals surface area contributed by atoms with Gasteiger partial charge in [0.1, 0.15) is 13.2 Å². The van der Waals surface area contributed by atoms with Crippen molar-refractivity contribution in [3.63, 3.8) is 0 Å². The molecule has 3 aromatic rings. The highest BCUT2D eigenvalue weighted by molar-refractivity contribution is 5.89. The molecule has 3 atom stereocenters. The molecule has 9 heteroatoms. The van der Waals surface area contributed by atoms with Gasteiger partial charge in [-0.25, -0.2) is 4.79 Å². The van der Waals surface area contributed by atoms with Gasteiger partial charge in [-0.05, 0) is 48.8 Å². The maximum atomic E-state index is 13.7. The maximum Gasteiger partial charge on any atom is 0.332 e. The molecule has 0 bridgehead atoms. The van der Waals surface area contributed by atoms with Gasteiger partial charge in [0.15, 0.2) is 6.04 Å². The first-order valence-corrected chi connectivity index (χ1v) is 16.7. The van der Waals surface area contributed by atoms with Gasteiger partial charge in [0.05, 0.1) is 18.4 Å². The quantitative estimate of drug-likeness (QED) is 0.0815. The van der Waals surface area contributed by atoms with E-state index in [1.165, 1.54) is 11.0 Å². The van der Waals surface area contributed by atoms with Crippen molar-refractivity contribution in [3.8, 4) is 0 Å². The van der Waals surface area contributed by atoms with Gasteiger partial charge in [-0.1, -0.05) is 103 Å². The number of aliphatic hydroxyl groups excluding tert-OH is 1. The summed E-state index contributed by atoms with van der Waals surface area (Å²) < 4.78 is 11.2. The highest BCUT2D eigenvalue weighted by atomic mass is 16.6. The number of aliphatic hydroxyl groups is 1. The first kappa shape index (κ1) is 38.4. The molecule has 260 valence electrons. The second-order valence-electron chi connectivity index (χ2n) is 11.8. The van der Waals surface area contributed by atoms with Crippen LogP contribution < -0.4 is 5.32 Å². The van der Waals surface area contributed by atoms with E-state index in [-0.39, 0.29) is 45.1 Å². The predicted molar refractivity (Wildman–Crippen MR) is 189 cm³/mol. The summed E-state index contributed by atoms with van der Waals surface area (Å²) in [5.41, 5.74) is 2.61. The number of carbonyl (C=O) groups is 4. The lowest BCUT2D eigenvalue weighted by molar-refractivity contribution is -0.157. The molecule has 9 nitrogen and oxygen atoms in total. The number of esters is 2. The Morgan fingerprint density at radius 3 is 1.98 bits per heavy atom. The molecule has 2 amide bonds. The summed E-state index contributed by atoms with van der Waals surface area (Å²) in [5.74, 6) is -3.51. The molecule has 3 rings (SSSR count). The molecule has 0 aliphatic heterocycles. The molecule has 3 unspecified atom stereocenters. The Kier molecular flexibility index (Phi) is 17.1. The number of unbranched alkanes of at least 4 members (excludes halogenated alkanes) is 1. The molecule has 49 heavy (non-hydrogen) atoms. The van der Waals surface area contributed by atoms with Crippen molar-refractivity contribution < 1.29 is 33.8 Å². The van der Waals surface area contributed by atoms with E-state index in [1.807, 2.05) is 78.9 Å². The highest BCUT2D eigenvalue weighted by Gasteiger charge is 2.31. The number of carbonyl (C=O) groups excluding carboxylic acids is 4. The van der Waals surface area contributed by atoms with Crippen LogP contribution in [0.2, 0.25) is 0 Å². The normalized spacial score (nSPS) is 12.5. The van der Waals surface area contributed by atoms with E-state index < -0.39 is 42.3 Å². The fraction of sp³-hybridized carbons (Fsp3) is 0.350. The van der Waals surface area contributed by atoms with E-state index in [9.17, 15) is 24.3 Å². The minimum absolute atomic E-state index is 0.0393. The van der Waals surface area contributed by atoms with Crippen LogP contribution in [0.3, 0.4) is 0 Å². The molecular formula is C40H48N2O7. The predicted octanol–water partition coefficient (Wildman–Crippen LogP) is 5.58. The first-order valence-electron chi connectivity index (χ1n) is 16.7. The topological polar surface area (TPSA) is 122 Å². The molecule has 0 aliphatic carbocycles. The fourth-order valence-electron chi connectivity index (χ4n) is 5.32. The molecule has 3 aromatic carbocycles. The minimum Gasteiger partial charge on any atom is -0.463 e. The van der Waals surface area contributed by atoms with Crippen LogP contribution in [0, 0.1) is 11.8 Å². The van der Waals surface area contributed by atoms with Gasteiger partial charge < -0.3 is 24.8 Å². The number of hydrogen-bond donors (Lipinski definition) is 2. The average molecular weight is 669 g/mol. The molecule has 0 spiro atoms. The molecule has 0 aliphatic rings. The number of allylic oxidation sites excluding steroid dienone is 2. The summed E-state index contributed by atoms with van der Waals surface area (Å²) >= 11 is 0. The Labute approximate surface area is 289 Å². The summed E-state index contributed by atoms with van der Waals surface area (Å²) in [6, 6.07) is 26.7. The van der Waals surface area contributed by atoms with Crippen molar-refractivity contribution in [2.75, 3.05) is 19.8 Å². The van der Waals surface area contributed by atoms with Crippen molar-refractivity contribution in [1.82, 2.24) is 10.2 Å². The van der Waals surface area contributed by atoms with Crippen LogP contribution in [0.5, 0.6) is 0 Å². The van der Waals surface area contributed by atoms with Crippen molar-refractivity contribution >= 4 is 23.8 Å². The number of nitrogens with one attached hydrogen (secondary N) is 1. The standard InChI is InChI=1S/C40H48N2O7/c1-3-5-9-23-35(26-31-17-10-6-11-18-31)39(46)49-30-36(40(47)48-29-33-21-14-8-15-22-33)41-38(45)34(16-4-2)27-37(44)42(24-25-43)28-32-19-12-7-13-20-32/h3-4,6-8,10-15,17-22,34-36,43H,1-2,5,9,16,23-30H2,(H,41,45). The van der Waals surface area contributed by atoms with Crippen molar-refractivity contribution in [3.05, 3.63) is 133 Å². The average Bonchev–Trinajstić information content (AvgIpc) is 3.12. The summed E-state index contributed by atoms with van der Waals surface area (Å²) in [6.45, 7) is 7.16. The van der Waals surface area contributed by atoms with E-state index in [2.05, 4.69) is 18.5 Å². The molecule has 0 aromatic heterocycles. The monoisotopic (exact) mass is 668 g/mol. The van der Waals surface area contributed by atoms with Gasteiger partial charge in [0.2, 0.25) is 11.8 Å². The van der Waals surface area contributed by atoms with Gasteiger partial charge in [0.25, 0.3) is 0 Å². The molecule has 2 N–H and O–H groups in total. The molecular weight excluding hydrogens is 620 g/mol. The lowest BCUT2D eigenvalue weighted by Crippen LogP contribution is -2.48. The van der Waals surface area contributed by atoms with E-state index in [0.717, 1.165) is 29.5 Å². The van der Waals surface area contributed by atoms with Crippen LogP contribution in [-0.4, -0.2) is 59.6 Å². The maximum absolute atomic E-state index is 13.7. The summed E-state index contributed by atoms with van der Waals surface area (Å²) in [4.78, 5) is 55.3. The Hall–Kier alpha value is -5.02. The van der Waals surface area contributed by atoms with Gasteiger partial charge in [-0.2, -0.15) is 0 Å². The Morgan fingerprint density at radius 2 is 1.39 bits per heavy atom. The van der Waals surface area contributed by atoms with Gasteiger partial charge >= 0.3 is 11.9 Å². The van der Waals surface area contributed by atoms with Crippen LogP contribution in [0.4, 0.5) is 0 Å². The van der Waals surface area contributed by atoms with Crippen molar-refractivity contribution in [2.45, 2.75) is 57.7 Å². The third-order valence-electron chi connectivity index (χ3n) is 8.02. The number of hydrogen-bond acceptors (Lipinski definition) is 7. The Bertz CT molecular complexity index is 1460. The number of ether oxygens (including phenoxy) is 2. The molecule has 0 fully saturated rings. The van der Waals surface area contributed by atoms with Crippen molar-refractivity contribution in [1.29, 1.82) is 0 Å². The summed E-state index contributed by atoms with van der Waals surface area (Å²) in [7, 11) is 0. The van der Waals surface area contributed by atoms with Crippen LogP contribution in [0.25, 0.3) is 0 Å². The van der Waals surface area contributed by atoms with E-state index in [1.54, 1.807) is 18.2 Å². The molecule has 0 saturated carbocycles. The molecule has 0 heterocycles.